The van der Waals surface area contributed by atoms with E-state index in [0.29, 0.717) is 11.6 Å². The Hall–Kier alpha value is -3.10. The van der Waals surface area contributed by atoms with Crippen LogP contribution in [0.25, 0.3) is 5.69 Å². The molecule has 32 heavy (non-hydrogen) atoms. The molecule has 4 aromatic rings. The van der Waals surface area contributed by atoms with E-state index in [9.17, 15) is 4.79 Å². The molecular formula is C24H24N4O2S2. The Balaban J connectivity index is 1.53. The third-order valence-electron chi connectivity index (χ3n) is 5.07. The third kappa shape index (κ3) is 5.20. The van der Waals surface area contributed by atoms with Gasteiger partial charge in [-0.15, -0.1) is 21.5 Å². The van der Waals surface area contributed by atoms with E-state index in [0.717, 1.165) is 28.5 Å². The molecule has 0 radical (unpaired) electrons. The predicted molar refractivity (Wildman–Crippen MR) is 130 cm³/mol. The molecule has 1 N–H and O–H groups in total. The van der Waals surface area contributed by atoms with E-state index in [1.54, 1.807) is 18.4 Å². The van der Waals surface area contributed by atoms with Gasteiger partial charge in [0, 0.05) is 22.7 Å². The number of aryl methyl sites for hydroxylation is 2. The lowest BCUT2D eigenvalue weighted by Crippen LogP contribution is -2.15. The van der Waals surface area contributed by atoms with Crippen LogP contribution in [0.5, 0.6) is 5.75 Å². The number of benzene rings is 2. The monoisotopic (exact) mass is 464 g/mol. The van der Waals surface area contributed by atoms with E-state index >= 15 is 0 Å². The molecule has 0 saturated heterocycles. The molecule has 0 fully saturated rings. The van der Waals surface area contributed by atoms with Gasteiger partial charge in [0.1, 0.15) is 11.6 Å². The number of ether oxygens (including phenoxy) is 1. The quantitative estimate of drug-likeness (QED) is 0.360. The van der Waals surface area contributed by atoms with Gasteiger partial charge in [-0.2, -0.15) is 0 Å². The lowest BCUT2D eigenvalue weighted by Gasteiger charge is -2.11. The Labute approximate surface area is 195 Å². The molecule has 0 aliphatic carbocycles. The van der Waals surface area contributed by atoms with E-state index < -0.39 is 0 Å². The maximum absolute atomic E-state index is 12.6. The van der Waals surface area contributed by atoms with Crippen molar-refractivity contribution in [3.8, 4) is 11.4 Å². The van der Waals surface area contributed by atoms with E-state index in [2.05, 4.69) is 33.9 Å². The van der Waals surface area contributed by atoms with Gasteiger partial charge in [0.05, 0.1) is 12.9 Å². The first kappa shape index (κ1) is 22.1. The van der Waals surface area contributed by atoms with Crippen LogP contribution in [-0.2, 0) is 11.2 Å². The van der Waals surface area contributed by atoms with Crippen LogP contribution in [0.1, 0.15) is 21.8 Å². The molecule has 4 rings (SSSR count). The van der Waals surface area contributed by atoms with E-state index in [4.69, 9.17) is 4.74 Å². The fourth-order valence-electron chi connectivity index (χ4n) is 3.21. The van der Waals surface area contributed by atoms with Crippen LogP contribution < -0.4 is 10.1 Å². The Morgan fingerprint density at radius 3 is 2.59 bits per heavy atom. The minimum atomic E-state index is -0.0812. The first-order valence-corrected chi connectivity index (χ1v) is 12.0. The van der Waals surface area contributed by atoms with Crippen molar-refractivity contribution in [1.29, 1.82) is 0 Å². The molecular weight excluding hydrogens is 440 g/mol. The number of thioether (sulfide) groups is 1. The van der Waals surface area contributed by atoms with Crippen LogP contribution >= 0.6 is 23.1 Å². The number of nitrogens with zero attached hydrogens (tertiary/aromatic N) is 3. The SMILES string of the molecule is COc1ccc(-n2c(Cc3cccs3)nnc2SCC(=O)Nc2ccc(C)c(C)c2)cc1. The Morgan fingerprint density at radius 2 is 1.91 bits per heavy atom. The van der Waals surface area contributed by atoms with Crippen molar-refractivity contribution in [2.24, 2.45) is 0 Å². The number of carbonyl (C=O) groups excluding carboxylic acids is 1. The number of rotatable bonds is 8. The Bertz CT molecular complexity index is 1200. The zero-order valence-corrected chi connectivity index (χ0v) is 19.8. The van der Waals surface area contributed by atoms with Crippen molar-refractivity contribution in [2.75, 3.05) is 18.2 Å². The first-order chi connectivity index (χ1) is 15.5. The molecule has 0 unspecified atom stereocenters. The molecule has 0 saturated carbocycles. The molecule has 0 spiro atoms. The highest BCUT2D eigenvalue weighted by molar-refractivity contribution is 7.99. The predicted octanol–water partition coefficient (Wildman–Crippen LogP) is 5.28. The minimum absolute atomic E-state index is 0.0812. The largest absolute Gasteiger partial charge is 0.497 e. The van der Waals surface area contributed by atoms with E-state index in [-0.39, 0.29) is 11.7 Å². The maximum Gasteiger partial charge on any atom is 0.234 e. The minimum Gasteiger partial charge on any atom is -0.497 e. The molecule has 6 nitrogen and oxygen atoms in total. The summed E-state index contributed by atoms with van der Waals surface area (Å²) >= 11 is 3.06. The number of aromatic nitrogens is 3. The number of thiophene rings is 1. The number of methoxy groups -OCH3 is 1. The normalized spacial score (nSPS) is 10.8. The van der Waals surface area contributed by atoms with Crippen LogP contribution in [0.15, 0.2) is 65.1 Å². The molecule has 164 valence electrons. The van der Waals surface area contributed by atoms with Gasteiger partial charge >= 0.3 is 0 Å². The molecule has 2 aromatic heterocycles. The molecule has 0 aliphatic heterocycles. The number of hydrogen-bond acceptors (Lipinski definition) is 6. The van der Waals surface area contributed by atoms with Crippen molar-refractivity contribution >= 4 is 34.7 Å². The average Bonchev–Trinajstić information content (AvgIpc) is 3.45. The lowest BCUT2D eigenvalue weighted by molar-refractivity contribution is -0.113. The van der Waals surface area contributed by atoms with Crippen molar-refractivity contribution in [3.63, 3.8) is 0 Å². The second-order valence-corrected chi connectivity index (χ2v) is 9.30. The van der Waals surface area contributed by atoms with Gasteiger partial charge in [-0.1, -0.05) is 23.9 Å². The summed E-state index contributed by atoms with van der Waals surface area (Å²) in [5.74, 6) is 1.76. The number of anilines is 1. The fourth-order valence-corrected chi connectivity index (χ4v) is 4.69. The highest BCUT2D eigenvalue weighted by Gasteiger charge is 2.17. The molecule has 0 aliphatic rings. The van der Waals surface area contributed by atoms with Gasteiger partial charge in [0.2, 0.25) is 5.91 Å². The van der Waals surface area contributed by atoms with Crippen LogP contribution in [-0.4, -0.2) is 33.5 Å². The van der Waals surface area contributed by atoms with Crippen molar-refractivity contribution in [3.05, 3.63) is 81.8 Å². The van der Waals surface area contributed by atoms with Crippen LogP contribution in [0.2, 0.25) is 0 Å². The number of carbonyl (C=O) groups is 1. The van der Waals surface area contributed by atoms with Gasteiger partial charge in [-0.05, 0) is 72.8 Å². The van der Waals surface area contributed by atoms with Crippen LogP contribution in [0.3, 0.4) is 0 Å². The molecule has 8 heteroatoms. The number of nitrogens with one attached hydrogen (secondary N) is 1. The van der Waals surface area contributed by atoms with Gasteiger partial charge in [0.25, 0.3) is 0 Å². The molecule has 2 aromatic carbocycles. The summed E-state index contributed by atoms with van der Waals surface area (Å²) in [5.41, 5.74) is 4.07. The lowest BCUT2D eigenvalue weighted by atomic mass is 10.1. The van der Waals surface area contributed by atoms with E-state index in [1.165, 1.54) is 22.2 Å². The van der Waals surface area contributed by atoms with Crippen LogP contribution in [0.4, 0.5) is 5.69 Å². The second kappa shape index (κ2) is 10.0. The molecule has 0 atom stereocenters. The second-order valence-electron chi connectivity index (χ2n) is 7.32. The third-order valence-corrected chi connectivity index (χ3v) is 6.87. The molecule has 2 heterocycles. The Kier molecular flexibility index (Phi) is 6.92. The van der Waals surface area contributed by atoms with Gasteiger partial charge < -0.3 is 10.1 Å². The first-order valence-electron chi connectivity index (χ1n) is 10.1. The summed E-state index contributed by atoms with van der Waals surface area (Å²) in [5, 5.41) is 14.5. The summed E-state index contributed by atoms with van der Waals surface area (Å²) < 4.78 is 7.29. The number of amides is 1. The summed E-state index contributed by atoms with van der Waals surface area (Å²) in [7, 11) is 1.64. The Morgan fingerprint density at radius 1 is 1.09 bits per heavy atom. The van der Waals surface area contributed by atoms with Crippen molar-refractivity contribution < 1.29 is 9.53 Å². The highest BCUT2D eigenvalue weighted by atomic mass is 32.2. The van der Waals surface area contributed by atoms with Gasteiger partial charge in [-0.3, -0.25) is 9.36 Å². The van der Waals surface area contributed by atoms with Crippen molar-refractivity contribution in [2.45, 2.75) is 25.4 Å². The van der Waals surface area contributed by atoms with Gasteiger partial charge in [-0.25, -0.2) is 0 Å². The molecule has 0 bridgehead atoms. The molecule has 1 amide bonds. The zero-order valence-electron chi connectivity index (χ0n) is 18.2. The zero-order chi connectivity index (χ0) is 22.5. The fraction of sp³-hybridized carbons (Fsp3) is 0.208. The maximum atomic E-state index is 12.6. The smallest absolute Gasteiger partial charge is 0.234 e. The highest BCUT2D eigenvalue weighted by Crippen LogP contribution is 2.26. The standard InChI is InChI=1S/C24H24N4O2S2/c1-16-6-7-18(13-17(16)2)25-23(29)15-32-24-27-26-22(14-21-5-4-12-31-21)28(24)19-8-10-20(30-3)11-9-19/h4-13H,14-15H2,1-3H3,(H,25,29). The topological polar surface area (TPSA) is 69.0 Å². The van der Waals surface area contributed by atoms with Crippen LogP contribution in [0, 0.1) is 13.8 Å². The summed E-state index contributed by atoms with van der Waals surface area (Å²) in [6.07, 6.45) is 0.673. The van der Waals surface area contributed by atoms with Crippen molar-refractivity contribution in [1.82, 2.24) is 14.8 Å². The summed E-state index contributed by atoms with van der Waals surface area (Å²) in [4.78, 5) is 13.8. The van der Waals surface area contributed by atoms with Gasteiger partial charge in [0.15, 0.2) is 5.16 Å². The van der Waals surface area contributed by atoms with E-state index in [1.807, 2.05) is 60.0 Å². The average molecular weight is 465 g/mol. The summed E-state index contributed by atoms with van der Waals surface area (Å²) in [6, 6.07) is 17.8. The number of hydrogen-bond donors (Lipinski definition) is 1. The summed E-state index contributed by atoms with van der Waals surface area (Å²) in [6.45, 7) is 4.09.